The maximum Gasteiger partial charge on any atom is 0.231 e. The molecular formula is C14H20O3. The normalized spacial score (nSPS) is 16.9. The van der Waals surface area contributed by atoms with Gasteiger partial charge in [-0.25, -0.2) is 0 Å². The average molecular weight is 236 g/mol. The number of hydrogen-bond donors (Lipinski definition) is 1. The second-order valence-corrected chi connectivity index (χ2v) is 4.76. The lowest BCUT2D eigenvalue weighted by Gasteiger charge is -2.16. The number of fused-ring (bicyclic) bond motifs is 1. The van der Waals surface area contributed by atoms with E-state index in [2.05, 4.69) is 13.8 Å². The van der Waals surface area contributed by atoms with E-state index in [0.717, 1.165) is 36.3 Å². The van der Waals surface area contributed by atoms with Crippen LogP contribution in [0.5, 0.6) is 11.5 Å². The predicted molar refractivity (Wildman–Crippen MR) is 66.2 cm³/mol. The Balaban J connectivity index is 2.01. The molecule has 1 aliphatic heterocycles. The summed E-state index contributed by atoms with van der Waals surface area (Å²) in [6.45, 7) is 4.63. The van der Waals surface area contributed by atoms with Gasteiger partial charge in [0.25, 0.3) is 0 Å². The maximum absolute atomic E-state index is 10.2. The third-order valence-electron chi connectivity index (χ3n) is 3.19. The molecule has 1 aromatic carbocycles. The fourth-order valence-electron chi connectivity index (χ4n) is 2.25. The van der Waals surface area contributed by atoms with Crippen LogP contribution in [0.3, 0.4) is 0 Å². The SMILES string of the molecule is CCCC(C)CC(O)c1ccc2c(c1)OCO2. The highest BCUT2D eigenvalue weighted by Crippen LogP contribution is 2.35. The van der Waals surface area contributed by atoms with E-state index in [0.29, 0.717) is 5.92 Å². The van der Waals surface area contributed by atoms with Gasteiger partial charge in [0.15, 0.2) is 11.5 Å². The Morgan fingerprint density at radius 2 is 2.06 bits per heavy atom. The van der Waals surface area contributed by atoms with Gasteiger partial charge in [0.2, 0.25) is 6.79 Å². The van der Waals surface area contributed by atoms with Crippen LogP contribution in [0, 0.1) is 5.92 Å². The van der Waals surface area contributed by atoms with Gasteiger partial charge in [-0.2, -0.15) is 0 Å². The molecule has 3 nitrogen and oxygen atoms in total. The zero-order valence-corrected chi connectivity index (χ0v) is 10.5. The van der Waals surface area contributed by atoms with Crippen molar-refractivity contribution in [1.29, 1.82) is 0 Å². The standard InChI is InChI=1S/C14H20O3/c1-3-4-10(2)7-12(15)11-5-6-13-14(8-11)17-9-16-13/h5-6,8,10,12,15H,3-4,7,9H2,1-2H3. The Hall–Kier alpha value is -1.22. The highest BCUT2D eigenvalue weighted by atomic mass is 16.7. The Bertz CT molecular complexity index is 376. The lowest BCUT2D eigenvalue weighted by Crippen LogP contribution is -2.04. The van der Waals surface area contributed by atoms with Crippen LogP contribution in [0.15, 0.2) is 18.2 Å². The van der Waals surface area contributed by atoms with Crippen LogP contribution in [-0.2, 0) is 0 Å². The summed E-state index contributed by atoms with van der Waals surface area (Å²) >= 11 is 0. The van der Waals surface area contributed by atoms with Crippen molar-refractivity contribution in [1.82, 2.24) is 0 Å². The van der Waals surface area contributed by atoms with Gasteiger partial charge in [0.05, 0.1) is 6.10 Å². The average Bonchev–Trinajstić information content (AvgIpc) is 2.75. The molecule has 94 valence electrons. The molecule has 2 unspecified atom stereocenters. The molecule has 0 bridgehead atoms. The Morgan fingerprint density at radius 3 is 2.82 bits per heavy atom. The second-order valence-electron chi connectivity index (χ2n) is 4.76. The fourth-order valence-corrected chi connectivity index (χ4v) is 2.25. The molecule has 1 aliphatic rings. The minimum absolute atomic E-state index is 0.279. The highest BCUT2D eigenvalue weighted by Gasteiger charge is 2.17. The first-order chi connectivity index (χ1) is 8.20. The molecular weight excluding hydrogens is 216 g/mol. The maximum atomic E-state index is 10.2. The van der Waals surface area contributed by atoms with Crippen molar-refractivity contribution in [3.05, 3.63) is 23.8 Å². The van der Waals surface area contributed by atoms with E-state index in [1.54, 1.807) is 0 Å². The predicted octanol–water partition coefficient (Wildman–Crippen LogP) is 3.28. The van der Waals surface area contributed by atoms with E-state index in [1.165, 1.54) is 0 Å². The first kappa shape index (κ1) is 12.2. The Kier molecular flexibility index (Phi) is 3.89. The van der Waals surface area contributed by atoms with Gasteiger partial charge in [-0.1, -0.05) is 32.8 Å². The minimum Gasteiger partial charge on any atom is -0.454 e. The van der Waals surface area contributed by atoms with E-state index < -0.39 is 6.10 Å². The van der Waals surface area contributed by atoms with Crippen LogP contribution < -0.4 is 9.47 Å². The molecule has 0 saturated heterocycles. The van der Waals surface area contributed by atoms with Gasteiger partial charge in [0, 0.05) is 0 Å². The number of hydrogen-bond acceptors (Lipinski definition) is 3. The molecule has 0 fully saturated rings. The second kappa shape index (κ2) is 5.41. The molecule has 0 aliphatic carbocycles. The van der Waals surface area contributed by atoms with Crippen molar-refractivity contribution in [2.75, 3.05) is 6.79 Å². The van der Waals surface area contributed by atoms with Crippen LogP contribution in [0.4, 0.5) is 0 Å². The minimum atomic E-state index is -0.411. The number of ether oxygens (including phenoxy) is 2. The summed E-state index contributed by atoms with van der Waals surface area (Å²) < 4.78 is 10.6. The summed E-state index contributed by atoms with van der Waals surface area (Å²) in [5.41, 5.74) is 0.914. The molecule has 0 spiro atoms. The highest BCUT2D eigenvalue weighted by molar-refractivity contribution is 5.45. The number of aliphatic hydroxyl groups excluding tert-OH is 1. The summed E-state index contributed by atoms with van der Waals surface area (Å²) in [6, 6.07) is 5.66. The smallest absolute Gasteiger partial charge is 0.231 e. The van der Waals surface area contributed by atoms with Crippen LogP contribution in [0.1, 0.15) is 44.8 Å². The van der Waals surface area contributed by atoms with Crippen LogP contribution in [-0.4, -0.2) is 11.9 Å². The van der Waals surface area contributed by atoms with Crippen molar-refractivity contribution < 1.29 is 14.6 Å². The van der Waals surface area contributed by atoms with Gasteiger partial charge in [-0.05, 0) is 30.0 Å². The molecule has 0 aromatic heterocycles. The first-order valence-corrected chi connectivity index (χ1v) is 6.28. The van der Waals surface area contributed by atoms with Crippen LogP contribution in [0.25, 0.3) is 0 Å². The lowest BCUT2D eigenvalue weighted by atomic mass is 9.95. The zero-order chi connectivity index (χ0) is 12.3. The van der Waals surface area contributed by atoms with E-state index >= 15 is 0 Å². The summed E-state index contributed by atoms with van der Waals surface area (Å²) in [5.74, 6) is 2.05. The number of rotatable bonds is 5. The van der Waals surface area contributed by atoms with E-state index in [-0.39, 0.29) is 6.79 Å². The molecule has 17 heavy (non-hydrogen) atoms. The third-order valence-corrected chi connectivity index (χ3v) is 3.19. The monoisotopic (exact) mass is 236 g/mol. The van der Waals surface area contributed by atoms with Crippen molar-refractivity contribution in [2.24, 2.45) is 5.92 Å². The molecule has 2 rings (SSSR count). The van der Waals surface area contributed by atoms with Crippen LogP contribution in [0.2, 0.25) is 0 Å². The summed E-state index contributed by atoms with van der Waals surface area (Å²) in [6.07, 6.45) is 2.70. The van der Waals surface area contributed by atoms with Gasteiger partial charge in [-0.15, -0.1) is 0 Å². The molecule has 3 heteroatoms. The molecule has 1 heterocycles. The molecule has 0 saturated carbocycles. The summed E-state index contributed by atoms with van der Waals surface area (Å²) in [7, 11) is 0. The topological polar surface area (TPSA) is 38.7 Å². The van der Waals surface area contributed by atoms with Gasteiger partial charge in [-0.3, -0.25) is 0 Å². The van der Waals surface area contributed by atoms with Crippen molar-refractivity contribution in [3.8, 4) is 11.5 Å². The van der Waals surface area contributed by atoms with E-state index in [9.17, 15) is 5.11 Å². The lowest BCUT2D eigenvalue weighted by molar-refractivity contribution is 0.144. The third kappa shape index (κ3) is 2.91. The van der Waals surface area contributed by atoms with Gasteiger partial charge in [0.1, 0.15) is 0 Å². The van der Waals surface area contributed by atoms with Crippen molar-refractivity contribution in [2.45, 2.75) is 39.2 Å². The first-order valence-electron chi connectivity index (χ1n) is 6.28. The van der Waals surface area contributed by atoms with E-state index in [4.69, 9.17) is 9.47 Å². The molecule has 0 radical (unpaired) electrons. The van der Waals surface area contributed by atoms with Crippen LogP contribution >= 0.6 is 0 Å². The summed E-state index contributed by atoms with van der Waals surface area (Å²) in [4.78, 5) is 0. The number of aliphatic hydroxyl groups is 1. The largest absolute Gasteiger partial charge is 0.454 e. The zero-order valence-electron chi connectivity index (χ0n) is 10.5. The molecule has 1 aromatic rings. The Morgan fingerprint density at radius 1 is 1.29 bits per heavy atom. The van der Waals surface area contributed by atoms with Crippen molar-refractivity contribution in [3.63, 3.8) is 0 Å². The van der Waals surface area contributed by atoms with E-state index in [1.807, 2.05) is 18.2 Å². The molecule has 1 N–H and O–H groups in total. The Labute approximate surface area is 102 Å². The van der Waals surface area contributed by atoms with Gasteiger partial charge >= 0.3 is 0 Å². The molecule has 2 atom stereocenters. The number of benzene rings is 1. The van der Waals surface area contributed by atoms with Crippen molar-refractivity contribution >= 4 is 0 Å². The summed E-state index contributed by atoms with van der Waals surface area (Å²) in [5, 5.41) is 10.2. The van der Waals surface area contributed by atoms with Gasteiger partial charge < -0.3 is 14.6 Å². The fraction of sp³-hybridized carbons (Fsp3) is 0.571. The molecule has 0 amide bonds. The quantitative estimate of drug-likeness (QED) is 0.852.